The number of H-pyrrole nitrogens is 1. The second kappa shape index (κ2) is 8.14. The number of thioether (sulfide) groups is 1. The van der Waals surface area contributed by atoms with Gasteiger partial charge in [-0.3, -0.25) is 23.9 Å². The van der Waals surface area contributed by atoms with Crippen LogP contribution in [-0.4, -0.2) is 41.0 Å². The second-order valence-corrected chi connectivity index (χ2v) is 8.48. The molecule has 4 heterocycles. The molecule has 3 aromatic heterocycles. The van der Waals surface area contributed by atoms with Crippen molar-refractivity contribution in [2.75, 3.05) is 11.1 Å². The number of amides is 1. The highest BCUT2D eigenvalue weighted by atomic mass is 32.2. The molecule has 3 aromatic rings. The fraction of sp³-hybridized carbons (Fsp3) is 0.400. The number of carbonyl (C=O) groups excluding carboxylic acids is 1. The van der Waals surface area contributed by atoms with Crippen LogP contribution in [0.2, 0.25) is 0 Å². The van der Waals surface area contributed by atoms with E-state index in [1.807, 2.05) is 6.92 Å². The van der Waals surface area contributed by atoms with E-state index in [9.17, 15) is 14.4 Å². The monoisotopic (exact) mass is 441 g/mol. The van der Waals surface area contributed by atoms with E-state index in [4.69, 9.17) is 0 Å². The van der Waals surface area contributed by atoms with Gasteiger partial charge < -0.3 is 5.32 Å². The summed E-state index contributed by atoms with van der Waals surface area (Å²) in [6.07, 6.45) is 0.692. The Kier molecular flexibility index (Phi) is 5.52. The molecular formula is C20H23N7O3S. The first-order chi connectivity index (χ1) is 14.8. The summed E-state index contributed by atoms with van der Waals surface area (Å²) >= 11 is 1.47. The lowest BCUT2D eigenvalue weighted by atomic mass is 10.2. The minimum Gasteiger partial charge on any atom is -0.310 e. The number of fused-ring (bicyclic) bond motifs is 1. The van der Waals surface area contributed by atoms with Crippen LogP contribution < -0.4 is 16.4 Å². The largest absolute Gasteiger partial charge is 0.310 e. The van der Waals surface area contributed by atoms with Gasteiger partial charge in [0.05, 0.1) is 11.7 Å². The molecule has 0 aliphatic carbocycles. The van der Waals surface area contributed by atoms with Crippen molar-refractivity contribution >= 4 is 23.5 Å². The summed E-state index contributed by atoms with van der Waals surface area (Å²) < 4.78 is 2.99. The Hall–Kier alpha value is -3.21. The van der Waals surface area contributed by atoms with Crippen LogP contribution in [0.25, 0.3) is 5.95 Å². The highest BCUT2D eigenvalue weighted by molar-refractivity contribution is 7.99. The Bertz CT molecular complexity index is 1290. The van der Waals surface area contributed by atoms with Crippen LogP contribution in [0.5, 0.6) is 0 Å². The van der Waals surface area contributed by atoms with Crippen molar-refractivity contribution in [1.82, 2.24) is 29.3 Å². The summed E-state index contributed by atoms with van der Waals surface area (Å²) in [5.74, 6) is 0.968. The zero-order valence-electron chi connectivity index (χ0n) is 17.7. The molecule has 0 spiro atoms. The fourth-order valence-electron chi connectivity index (χ4n) is 3.68. The lowest BCUT2D eigenvalue weighted by Crippen LogP contribution is -2.28. The van der Waals surface area contributed by atoms with Crippen LogP contribution in [0.1, 0.15) is 42.0 Å². The zero-order chi connectivity index (χ0) is 22.3. The summed E-state index contributed by atoms with van der Waals surface area (Å²) in [5.41, 5.74) is 2.18. The predicted octanol–water partition coefficient (Wildman–Crippen LogP) is 1.68. The second-order valence-electron chi connectivity index (χ2n) is 7.50. The Morgan fingerprint density at radius 2 is 2.00 bits per heavy atom. The quantitative estimate of drug-likeness (QED) is 0.577. The Labute approximate surface area is 182 Å². The number of nitrogens with zero attached hydrogens (tertiary/aromatic N) is 5. The maximum absolute atomic E-state index is 12.8. The van der Waals surface area contributed by atoms with E-state index >= 15 is 0 Å². The lowest BCUT2D eigenvalue weighted by Gasteiger charge is -2.14. The first-order valence-electron chi connectivity index (χ1n) is 9.96. The van der Waals surface area contributed by atoms with Crippen molar-refractivity contribution in [3.63, 3.8) is 0 Å². The first-order valence-corrected chi connectivity index (χ1v) is 10.9. The van der Waals surface area contributed by atoms with Crippen molar-refractivity contribution in [2.45, 2.75) is 51.7 Å². The van der Waals surface area contributed by atoms with E-state index in [0.717, 1.165) is 0 Å². The molecule has 4 rings (SSSR count). The minimum absolute atomic E-state index is 0.118. The molecule has 0 saturated carbocycles. The lowest BCUT2D eigenvalue weighted by molar-refractivity contribution is -0.116. The number of aromatic nitrogens is 6. The molecular weight excluding hydrogens is 418 g/mol. The molecule has 162 valence electrons. The van der Waals surface area contributed by atoms with Crippen LogP contribution in [0.15, 0.2) is 26.9 Å². The number of anilines is 1. The number of carbonyl (C=O) groups is 1. The molecule has 31 heavy (non-hydrogen) atoms. The molecule has 1 unspecified atom stereocenters. The van der Waals surface area contributed by atoms with Crippen molar-refractivity contribution in [1.29, 1.82) is 0 Å². The summed E-state index contributed by atoms with van der Waals surface area (Å²) in [5, 5.41) is 7.84. The standard InChI is InChI=1S/C20H23N7O3S/c1-5-14-12(4)22-19(24-18(14)30)27-15(6-11(3)25-27)23-16(28)8-13-9-31-20-21-10(2)7-17(29)26(13)20/h6-7,13H,5,8-9H2,1-4H3,(H,23,28)(H,22,24,30). The third-order valence-corrected chi connectivity index (χ3v) is 6.20. The van der Waals surface area contributed by atoms with Gasteiger partial charge in [-0.15, -0.1) is 0 Å². The van der Waals surface area contributed by atoms with Gasteiger partial charge in [-0.05, 0) is 27.2 Å². The van der Waals surface area contributed by atoms with Crippen molar-refractivity contribution in [3.8, 4) is 5.95 Å². The van der Waals surface area contributed by atoms with Gasteiger partial charge in [-0.25, -0.2) is 9.97 Å². The van der Waals surface area contributed by atoms with Crippen LogP contribution in [0.3, 0.4) is 0 Å². The maximum atomic E-state index is 12.8. The SMILES string of the molecule is CCc1c(C)nc(-n2nc(C)cc2NC(=O)CC2CSc3nc(C)cc(=O)n32)[nH]c1=O. The molecule has 0 saturated heterocycles. The van der Waals surface area contributed by atoms with Gasteiger partial charge in [-0.2, -0.15) is 9.78 Å². The van der Waals surface area contributed by atoms with Gasteiger partial charge in [0.15, 0.2) is 5.16 Å². The number of hydrogen-bond acceptors (Lipinski definition) is 7. The highest BCUT2D eigenvalue weighted by Gasteiger charge is 2.28. The van der Waals surface area contributed by atoms with Gasteiger partial charge in [0, 0.05) is 41.3 Å². The molecule has 2 N–H and O–H groups in total. The van der Waals surface area contributed by atoms with Gasteiger partial charge in [0.25, 0.3) is 11.1 Å². The average molecular weight is 442 g/mol. The van der Waals surface area contributed by atoms with E-state index in [1.54, 1.807) is 31.4 Å². The van der Waals surface area contributed by atoms with Crippen LogP contribution >= 0.6 is 11.8 Å². The minimum atomic E-state index is -0.276. The van der Waals surface area contributed by atoms with E-state index in [1.165, 1.54) is 22.5 Å². The van der Waals surface area contributed by atoms with Crippen LogP contribution in [0.4, 0.5) is 5.82 Å². The van der Waals surface area contributed by atoms with Gasteiger partial charge in [0.1, 0.15) is 5.82 Å². The summed E-state index contributed by atoms with van der Waals surface area (Å²) in [6.45, 7) is 7.23. The summed E-state index contributed by atoms with van der Waals surface area (Å²) in [4.78, 5) is 49.1. The molecule has 1 aliphatic heterocycles. The highest BCUT2D eigenvalue weighted by Crippen LogP contribution is 2.32. The maximum Gasteiger partial charge on any atom is 0.255 e. The fourth-order valence-corrected chi connectivity index (χ4v) is 4.88. The summed E-state index contributed by atoms with van der Waals surface area (Å²) in [6, 6.07) is 2.90. The predicted molar refractivity (Wildman–Crippen MR) is 117 cm³/mol. The third-order valence-electron chi connectivity index (χ3n) is 5.10. The third kappa shape index (κ3) is 4.05. The molecule has 11 heteroatoms. The number of aromatic amines is 1. The van der Waals surface area contributed by atoms with E-state index < -0.39 is 0 Å². The van der Waals surface area contributed by atoms with E-state index in [-0.39, 0.29) is 35.4 Å². The molecule has 1 aliphatic rings. The number of aryl methyl sites for hydroxylation is 3. The Balaban J connectivity index is 1.58. The topological polar surface area (TPSA) is 128 Å². The van der Waals surface area contributed by atoms with Crippen LogP contribution in [-0.2, 0) is 11.2 Å². The number of nitrogens with one attached hydrogen (secondary N) is 2. The summed E-state index contributed by atoms with van der Waals surface area (Å²) in [7, 11) is 0. The molecule has 0 radical (unpaired) electrons. The average Bonchev–Trinajstić information content (AvgIpc) is 3.24. The molecule has 1 amide bonds. The molecule has 1 atom stereocenters. The molecule has 0 fully saturated rings. The Morgan fingerprint density at radius 3 is 2.71 bits per heavy atom. The van der Waals surface area contributed by atoms with E-state index in [0.29, 0.717) is 45.8 Å². The Morgan fingerprint density at radius 1 is 1.23 bits per heavy atom. The number of hydrogen-bond donors (Lipinski definition) is 2. The van der Waals surface area contributed by atoms with Crippen molar-refractivity contribution in [3.05, 3.63) is 55.5 Å². The molecule has 0 bridgehead atoms. The van der Waals surface area contributed by atoms with Crippen molar-refractivity contribution < 1.29 is 4.79 Å². The molecule has 0 aromatic carbocycles. The molecule has 10 nitrogen and oxygen atoms in total. The first kappa shape index (κ1) is 21.0. The normalized spacial score (nSPS) is 15.2. The van der Waals surface area contributed by atoms with Gasteiger partial charge in [0.2, 0.25) is 11.9 Å². The van der Waals surface area contributed by atoms with Gasteiger partial charge >= 0.3 is 0 Å². The van der Waals surface area contributed by atoms with Gasteiger partial charge in [-0.1, -0.05) is 18.7 Å². The van der Waals surface area contributed by atoms with E-state index in [2.05, 4.69) is 25.4 Å². The smallest absolute Gasteiger partial charge is 0.255 e. The number of rotatable bonds is 5. The van der Waals surface area contributed by atoms with Crippen LogP contribution in [0, 0.1) is 20.8 Å². The van der Waals surface area contributed by atoms with Crippen molar-refractivity contribution in [2.24, 2.45) is 0 Å². The zero-order valence-corrected chi connectivity index (χ0v) is 18.5.